The molecule has 122 valence electrons. The van der Waals surface area contributed by atoms with Crippen LogP contribution in [0.4, 0.5) is 10.1 Å². The summed E-state index contributed by atoms with van der Waals surface area (Å²) >= 11 is 0. The Hall–Kier alpha value is -2.21. The number of hydrogen-bond acceptors (Lipinski definition) is 4. The van der Waals surface area contributed by atoms with E-state index in [1.165, 1.54) is 12.1 Å². The molecule has 2 N–H and O–H groups in total. The number of hydrogen-bond donors (Lipinski definition) is 2. The molecule has 0 saturated heterocycles. The third-order valence-electron chi connectivity index (χ3n) is 4.27. The van der Waals surface area contributed by atoms with E-state index in [1.54, 1.807) is 6.07 Å². The minimum absolute atomic E-state index is 0.0344. The van der Waals surface area contributed by atoms with Gasteiger partial charge in [0.05, 0.1) is 5.69 Å². The molecule has 0 saturated carbocycles. The summed E-state index contributed by atoms with van der Waals surface area (Å²) < 4.78 is 18.7. The second kappa shape index (κ2) is 6.50. The van der Waals surface area contributed by atoms with Gasteiger partial charge in [0.1, 0.15) is 11.6 Å². The van der Waals surface area contributed by atoms with E-state index in [1.807, 2.05) is 13.8 Å². The lowest BCUT2D eigenvalue weighted by atomic mass is 10.0. The lowest BCUT2D eigenvalue weighted by Crippen LogP contribution is -2.24. The van der Waals surface area contributed by atoms with Crippen LogP contribution in [0.2, 0.25) is 0 Å². The molecule has 5 nitrogen and oxygen atoms in total. The molecule has 0 spiro atoms. The number of amides is 1. The summed E-state index contributed by atoms with van der Waals surface area (Å²) in [6.07, 6.45) is 1.84. The molecular formula is C17H20FN3O2. The van der Waals surface area contributed by atoms with Gasteiger partial charge in [0.15, 0.2) is 0 Å². The van der Waals surface area contributed by atoms with Crippen molar-refractivity contribution in [3.05, 3.63) is 46.6 Å². The van der Waals surface area contributed by atoms with Crippen LogP contribution < -0.4 is 10.6 Å². The van der Waals surface area contributed by atoms with Crippen molar-refractivity contribution in [2.24, 2.45) is 0 Å². The molecule has 1 unspecified atom stereocenters. The molecule has 1 amide bonds. The molecular weight excluding hydrogens is 297 g/mol. The van der Waals surface area contributed by atoms with E-state index in [-0.39, 0.29) is 17.8 Å². The van der Waals surface area contributed by atoms with Crippen molar-refractivity contribution in [1.29, 1.82) is 0 Å². The van der Waals surface area contributed by atoms with E-state index in [4.69, 9.17) is 4.52 Å². The van der Waals surface area contributed by atoms with Crippen LogP contribution in [0.5, 0.6) is 0 Å². The Balaban J connectivity index is 1.72. The molecule has 1 aromatic heterocycles. The van der Waals surface area contributed by atoms with Gasteiger partial charge in [0.2, 0.25) is 5.91 Å². The van der Waals surface area contributed by atoms with Gasteiger partial charge in [-0.25, -0.2) is 4.39 Å². The predicted molar refractivity (Wildman–Crippen MR) is 84.7 cm³/mol. The molecule has 3 rings (SSSR count). The van der Waals surface area contributed by atoms with Gasteiger partial charge in [-0.05, 0) is 57.0 Å². The average Bonchev–Trinajstić information content (AvgIpc) is 2.75. The summed E-state index contributed by atoms with van der Waals surface area (Å²) in [6.45, 7) is 4.52. The maximum absolute atomic E-state index is 13.6. The first-order valence-electron chi connectivity index (χ1n) is 7.79. The summed E-state index contributed by atoms with van der Waals surface area (Å²) in [5.74, 6) is 0.499. The fourth-order valence-corrected chi connectivity index (χ4v) is 3.02. The molecule has 6 heteroatoms. The maximum atomic E-state index is 13.6. The lowest BCUT2D eigenvalue weighted by Gasteiger charge is -2.19. The number of rotatable bonds is 4. The minimum atomic E-state index is -0.294. The smallest absolute Gasteiger partial charge is 0.224 e. The van der Waals surface area contributed by atoms with Crippen LogP contribution in [0, 0.1) is 19.7 Å². The highest BCUT2D eigenvalue weighted by molar-refractivity contribution is 5.92. The Morgan fingerprint density at radius 3 is 3.00 bits per heavy atom. The highest BCUT2D eigenvalue weighted by Gasteiger charge is 2.22. The van der Waals surface area contributed by atoms with E-state index in [0.29, 0.717) is 25.1 Å². The highest BCUT2D eigenvalue weighted by atomic mass is 19.1. The first-order chi connectivity index (χ1) is 11.0. The van der Waals surface area contributed by atoms with Gasteiger partial charge in [-0.3, -0.25) is 4.79 Å². The molecule has 2 aromatic rings. The largest absolute Gasteiger partial charge is 0.361 e. The summed E-state index contributed by atoms with van der Waals surface area (Å²) in [6, 6.07) is 4.43. The van der Waals surface area contributed by atoms with Crippen molar-refractivity contribution >= 4 is 11.6 Å². The highest BCUT2D eigenvalue weighted by Crippen LogP contribution is 2.30. The quantitative estimate of drug-likeness (QED) is 0.909. The molecule has 1 atom stereocenters. The first-order valence-corrected chi connectivity index (χ1v) is 7.79. The molecule has 0 fully saturated rings. The number of benzene rings is 1. The monoisotopic (exact) mass is 317 g/mol. The number of carbonyl (C=O) groups excluding carboxylic acids is 1. The zero-order valence-electron chi connectivity index (χ0n) is 13.3. The van der Waals surface area contributed by atoms with Gasteiger partial charge in [-0.15, -0.1) is 0 Å². The molecule has 0 bridgehead atoms. The normalized spacial score (nSPS) is 17.5. The maximum Gasteiger partial charge on any atom is 0.224 e. The number of carbonyl (C=O) groups is 1. The van der Waals surface area contributed by atoms with Crippen molar-refractivity contribution in [3.8, 4) is 0 Å². The average molecular weight is 317 g/mol. The molecule has 0 radical (unpaired) electrons. The van der Waals surface area contributed by atoms with Crippen LogP contribution in [-0.4, -0.2) is 17.6 Å². The van der Waals surface area contributed by atoms with Crippen molar-refractivity contribution in [1.82, 2.24) is 10.5 Å². The molecule has 23 heavy (non-hydrogen) atoms. The van der Waals surface area contributed by atoms with Crippen LogP contribution >= 0.6 is 0 Å². The number of fused-ring (bicyclic) bond motifs is 1. The fourth-order valence-electron chi connectivity index (χ4n) is 3.02. The van der Waals surface area contributed by atoms with E-state index >= 15 is 0 Å². The van der Waals surface area contributed by atoms with Gasteiger partial charge >= 0.3 is 0 Å². The third kappa shape index (κ3) is 3.42. The topological polar surface area (TPSA) is 67.2 Å². The van der Waals surface area contributed by atoms with Crippen molar-refractivity contribution < 1.29 is 13.7 Å². The van der Waals surface area contributed by atoms with Crippen molar-refractivity contribution in [2.75, 3.05) is 11.9 Å². The van der Waals surface area contributed by atoms with E-state index < -0.39 is 0 Å². The van der Waals surface area contributed by atoms with E-state index in [9.17, 15) is 9.18 Å². The van der Waals surface area contributed by atoms with Crippen LogP contribution in [0.25, 0.3) is 0 Å². The lowest BCUT2D eigenvalue weighted by molar-refractivity contribution is -0.116. The second-order valence-electron chi connectivity index (χ2n) is 5.88. The van der Waals surface area contributed by atoms with Gasteiger partial charge in [-0.2, -0.15) is 0 Å². The number of aryl methyl sites for hydroxylation is 2. The van der Waals surface area contributed by atoms with Gasteiger partial charge in [0.25, 0.3) is 0 Å². The fraction of sp³-hybridized carbons (Fsp3) is 0.412. The van der Waals surface area contributed by atoms with Gasteiger partial charge < -0.3 is 15.2 Å². The second-order valence-corrected chi connectivity index (χ2v) is 5.88. The zero-order chi connectivity index (χ0) is 16.4. The summed E-state index contributed by atoms with van der Waals surface area (Å²) in [5.41, 5.74) is 3.48. The van der Waals surface area contributed by atoms with Crippen molar-refractivity contribution in [3.63, 3.8) is 0 Å². The Kier molecular flexibility index (Phi) is 4.43. The Labute approximate surface area is 134 Å². The summed E-state index contributed by atoms with van der Waals surface area (Å²) in [4.78, 5) is 11.8. The van der Waals surface area contributed by atoms with Crippen LogP contribution in [0.3, 0.4) is 0 Å². The third-order valence-corrected chi connectivity index (χ3v) is 4.27. The number of halogens is 1. The van der Waals surface area contributed by atoms with Crippen LogP contribution in [0.1, 0.15) is 41.5 Å². The van der Waals surface area contributed by atoms with Gasteiger partial charge in [0, 0.05) is 23.7 Å². The molecule has 1 aliphatic heterocycles. The van der Waals surface area contributed by atoms with Crippen LogP contribution in [0.15, 0.2) is 22.7 Å². The molecule has 1 aliphatic rings. The predicted octanol–water partition coefficient (Wildman–Crippen LogP) is 3.04. The first kappa shape index (κ1) is 15.7. The Morgan fingerprint density at radius 2 is 2.26 bits per heavy atom. The SMILES string of the molecule is Cc1noc(C)c1CCNC1CCC(=O)Nc2ccc(F)cc21. The minimum Gasteiger partial charge on any atom is -0.361 e. The van der Waals surface area contributed by atoms with E-state index in [2.05, 4.69) is 15.8 Å². The summed E-state index contributed by atoms with van der Waals surface area (Å²) in [5, 5.41) is 10.2. The Morgan fingerprint density at radius 1 is 1.43 bits per heavy atom. The molecule has 1 aromatic carbocycles. The van der Waals surface area contributed by atoms with Crippen molar-refractivity contribution in [2.45, 2.75) is 39.2 Å². The Bertz CT molecular complexity index is 707. The van der Waals surface area contributed by atoms with Gasteiger partial charge in [-0.1, -0.05) is 5.16 Å². The number of nitrogens with zero attached hydrogens (tertiary/aromatic N) is 1. The van der Waals surface area contributed by atoms with Crippen LogP contribution in [-0.2, 0) is 11.2 Å². The number of aromatic nitrogens is 1. The molecule has 0 aliphatic carbocycles. The number of nitrogens with one attached hydrogen (secondary N) is 2. The van der Waals surface area contributed by atoms with E-state index in [0.717, 1.165) is 29.0 Å². The molecule has 2 heterocycles. The zero-order valence-corrected chi connectivity index (χ0v) is 13.3. The summed E-state index contributed by atoms with van der Waals surface area (Å²) in [7, 11) is 0. The number of anilines is 1. The standard InChI is InChI=1S/C17H20FN3O2/c1-10-13(11(2)23-21-10)7-8-19-15-5-6-17(22)20-16-4-3-12(18)9-14(15)16/h3-4,9,15,19H,5-8H2,1-2H3,(H,20,22).